The Labute approximate surface area is 158 Å². The van der Waals surface area contributed by atoms with Gasteiger partial charge in [0.15, 0.2) is 0 Å². The summed E-state index contributed by atoms with van der Waals surface area (Å²) in [6, 6.07) is 21.7. The van der Waals surface area contributed by atoms with Crippen LogP contribution < -0.4 is 0 Å². The maximum atomic E-state index is 12.6. The van der Waals surface area contributed by atoms with E-state index in [9.17, 15) is 15.0 Å². The molecule has 138 valence electrons. The molecule has 3 rings (SSSR count). The van der Waals surface area contributed by atoms with Crippen molar-refractivity contribution in [2.24, 2.45) is 0 Å². The van der Waals surface area contributed by atoms with Gasteiger partial charge in [0.05, 0.1) is 6.10 Å². The molecule has 0 aromatic heterocycles. The molecule has 0 bridgehead atoms. The van der Waals surface area contributed by atoms with Gasteiger partial charge in [-0.3, -0.25) is 0 Å². The number of rotatable bonds is 5. The molecule has 3 aromatic carbocycles. The van der Waals surface area contributed by atoms with E-state index in [0.717, 1.165) is 22.3 Å². The number of aliphatic hydroxyl groups is 1. The number of benzene rings is 3. The van der Waals surface area contributed by atoms with Crippen LogP contribution >= 0.6 is 0 Å². The molecule has 4 nitrogen and oxygen atoms in total. The van der Waals surface area contributed by atoms with Crippen molar-refractivity contribution < 1.29 is 19.7 Å². The number of esters is 1. The lowest BCUT2D eigenvalue weighted by molar-refractivity contribution is 0.0334. The molecule has 2 atom stereocenters. The molecule has 0 fully saturated rings. The third kappa shape index (κ3) is 4.36. The Kier molecular flexibility index (Phi) is 5.57. The van der Waals surface area contributed by atoms with Crippen molar-refractivity contribution in [3.05, 3.63) is 89.5 Å². The topological polar surface area (TPSA) is 66.8 Å². The molecule has 0 amide bonds. The minimum atomic E-state index is -0.586. The van der Waals surface area contributed by atoms with Crippen LogP contribution in [0, 0.1) is 0 Å². The first-order valence-corrected chi connectivity index (χ1v) is 8.83. The van der Waals surface area contributed by atoms with Gasteiger partial charge < -0.3 is 14.9 Å². The number of carbonyl (C=O) groups excluding carboxylic acids is 1. The summed E-state index contributed by atoms with van der Waals surface area (Å²) in [5.74, 6) is -0.715. The van der Waals surface area contributed by atoms with Crippen LogP contribution in [0.15, 0.2) is 72.8 Å². The number of ether oxygens (including phenoxy) is 1. The summed E-state index contributed by atoms with van der Waals surface area (Å²) in [6.07, 6.45) is -1.02. The number of aliphatic hydroxyl groups excluding tert-OH is 1. The van der Waals surface area contributed by atoms with Crippen molar-refractivity contribution in [2.45, 2.75) is 26.1 Å². The number of phenols is 1. The molecule has 2 unspecified atom stereocenters. The second kappa shape index (κ2) is 8.06. The van der Waals surface area contributed by atoms with Gasteiger partial charge >= 0.3 is 5.97 Å². The van der Waals surface area contributed by atoms with Crippen LogP contribution in [0.1, 0.15) is 47.5 Å². The average Bonchev–Trinajstić information content (AvgIpc) is 2.69. The van der Waals surface area contributed by atoms with Crippen molar-refractivity contribution in [1.82, 2.24) is 0 Å². The fourth-order valence-electron chi connectivity index (χ4n) is 2.87. The van der Waals surface area contributed by atoms with Crippen LogP contribution in [0.3, 0.4) is 0 Å². The molecule has 0 heterocycles. The lowest BCUT2D eigenvalue weighted by atomic mass is 9.99. The van der Waals surface area contributed by atoms with E-state index in [0.29, 0.717) is 0 Å². The second-order valence-electron chi connectivity index (χ2n) is 6.49. The van der Waals surface area contributed by atoms with Crippen LogP contribution in [-0.4, -0.2) is 16.2 Å². The van der Waals surface area contributed by atoms with Crippen molar-refractivity contribution in [3.8, 4) is 16.9 Å². The van der Waals surface area contributed by atoms with E-state index in [1.807, 2.05) is 54.6 Å². The van der Waals surface area contributed by atoms with Crippen LogP contribution in [0.25, 0.3) is 11.1 Å². The normalized spacial score (nSPS) is 13.0. The van der Waals surface area contributed by atoms with Crippen LogP contribution in [-0.2, 0) is 4.74 Å². The van der Waals surface area contributed by atoms with Crippen LogP contribution in [0.2, 0.25) is 0 Å². The highest BCUT2D eigenvalue weighted by atomic mass is 16.5. The Morgan fingerprint density at radius 3 is 2.22 bits per heavy atom. The summed E-state index contributed by atoms with van der Waals surface area (Å²) in [5, 5.41) is 19.9. The quantitative estimate of drug-likeness (QED) is 0.625. The van der Waals surface area contributed by atoms with Crippen LogP contribution in [0.5, 0.6) is 5.75 Å². The number of aromatic hydroxyl groups is 1. The Morgan fingerprint density at radius 1 is 0.852 bits per heavy atom. The molecule has 3 aromatic rings. The minimum absolute atomic E-state index is 0.109. The van der Waals surface area contributed by atoms with Gasteiger partial charge in [0, 0.05) is 0 Å². The summed E-state index contributed by atoms with van der Waals surface area (Å²) >= 11 is 0. The van der Waals surface area contributed by atoms with Crippen molar-refractivity contribution in [1.29, 1.82) is 0 Å². The van der Waals surface area contributed by atoms with Gasteiger partial charge in [-0.15, -0.1) is 0 Å². The van der Waals surface area contributed by atoms with E-state index >= 15 is 0 Å². The fourth-order valence-corrected chi connectivity index (χ4v) is 2.87. The van der Waals surface area contributed by atoms with Crippen molar-refractivity contribution >= 4 is 5.97 Å². The van der Waals surface area contributed by atoms with Crippen molar-refractivity contribution in [2.75, 3.05) is 0 Å². The third-order valence-electron chi connectivity index (χ3n) is 4.47. The lowest BCUT2D eigenvalue weighted by Gasteiger charge is -2.15. The molecule has 27 heavy (non-hydrogen) atoms. The largest absolute Gasteiger partial charge is 0.507 e. The molecular weight excluding hydrogens is 340 g/mol. The standard InChI is InChI=1S/C23H22O4/c1-15(24)18-9-6-10-19(13-18)20-11-12-22(25)21(14-20)23(26)27-16(2)17-7-4-3-5-8-17/h3-16,24-25H,1-2H3. The molecule has 0 saturated heterocycles. The summed E-state index contributed by atoms with van der Waals surface area (Å²) in [6.45, 7) is 3.49. The number of hydrogen-bond donors (Lipinski definition) is 2. The summed E-state index contributed by atoms with van der Waals surface area (Å²) in [7, 11) is 0. The SMILES string of the molecule is CC(O)c1cccc(-c2ccc(O)c(C(=O)OC(C)c3ccccc3)c2)c1. The smallest absolute Gasteiger partial charge is 0.342 e. The molecule has 0 radical (unpaired) electrons. The second-order valence-corrected chi connectivity index (χ2v) is 6.49. The first-order valence-electron chi connectivity index (χ1n) is 8.83. The zero-order valence-corrected chi connectivity index (χ0v) is 15.3. The summed E-state index contributed by atoms with van der Waals surface area (Å²) in [4.78, 5) is 12.6. The fraction of sp³-hybridized carbons (Fsp3) is 0.174. The van der Waals surface area contributed by atoms with E-state index < -0.39 is 18.2 Å². The first-order chi connectivity index (χ1) is 13.0. The summed E-state index contributed by atoms with van der Waals surface area (Å²) < 4.78 is 5.52. The predicted molar refractivity (Wildman–Crippen MR) is 104 cm³/mol. The Bertz CT molecular complexity index is 932. The monoisotopic (exact) mass is 362 g/mol. The minimum Gasteiger partial charge on any atom is -0.507 e. The van der Waals surface area contributed by atoms with E-state index in [1.54, 1.807) is 26.0 Å². The Morgan fingerprint density at radius 2 is 1.52 bits per heavy atom. The number of carbonyl (C=O) groups is 1. The predicted octanol–water partition coefficient (Wildman–Crippen LogP) is 5.03. The maximum Gasteiger partial charge on any atom is 0.342 e. The average molecular weight is 362 g/mol. The van der Waals surface area contributed by atoms with Gasteiger partial charge in [-0.05, 0) is 54.3 Å². The maximum absolute atomic E-state index is 12.6. The van der Waals surface area contributed by atoms with E-state index in [4.69, 9.17) is 4.74 Å². The molecular formula is C23H22O4. The highest BCUT2D eigenvalue weighted by Gasteiger charge is 2.18. The molecule has 0 aliphatic rings. The van der Waals surface area contributed by atoms with Gasteiger partial charge in [0.25, 0.3) is 0 Å². The van der Waals surface area contributed by atoms with Gasteiger partial charge in [-0.1, -0.05) is 54.6 Å². The van der Waals surface area contributed by atoms with Gasteiger partial charge in [0.1, 0.15) is 17.4 Å². The molecule has 0 spiro atoms. The Hall–Kier alpha value is -3.11. The molecule has 0 aliphatic carbocycles. The number of phenolic OH excluding ortho intramolecular Hbond substituents is 1. The third-order valence-corrected chi connectivity index (χ3v) is 4.47. The van der Waals surface area contributed by atoms with Gasteiger partial charge in [0.2, 0.25) is 0 Å². The Balaban J connectivity index is 1.87. The van der Waals surface area contributed by atoms with Gasteiger partial charge in [-0.25, -0.2) is 4.79 Å². The first kappa shape index (κ1) is 18.7. The molecule has 4 heteroatoms. The summed E-state index contributed by atoms with van der Waals surface area (Å²) in [5.41, 5.74) is 3.37. The van der Waals surface area contributed by atoms with E-state index in [1.165, 1.54) is 6.07 Å². The van der Waals surface area contributed by atoms with Crippen molar-refractivity contribution in [3.63, 3.8) is 0 Å². The van der Waals surface area contributed by atoms with Crippen LogP contribution in [0.4, 0.5) is 0 Å². The molecule has 2 N–H and O–H groups in total. The highest BCUT2D eigenvalue weighted by Crippen LogP contribution is 2.29. The lowest BCUT2D eigenvalue weighted by Crippen LogP contribution is -2.09. The number of hydrogen-bond acceptors (Lipinski definition) is 4. The molecule has 0 aliphatic heterocycles. The van der Waals surface area contributed by atoms with E-state index in [-0.39, 0.29) is 11.3 Å². The van der Waals surface area contributed by atoms with E-state index in [2.05, 4.69) is 0 Å². The zero-order valence-electron chi connectivity index (χ0n) is 15.3. The molecule has 0 saturated carbocycles. The van der Waals surface area contributed by atoms with Gasteiger partial charge in [-0.2, -0.15) is 0 Å². The highest BCUT2D eigenvalue weighted by molar-refractivity contribution is 5.94. The zero-order chi connectivity index (χ0) is 19.4.